The first-order valence-electron chi connectivity index (χ1n) is 8.51. The molecule has 26 heavy (non-hydrogen) atoms. The van der Waals surface area contributed by atoms with Crippen molar-refractivity contribution in [3.63, 3.8) is 0 Å². The second-order valence-corrected chi connectivity index (χ2v) is 6.63. The molecule has 2 N–H and O–H groups in total. The Morgan fingerprint density at radius 2 is 1.77 bits per heavy atom. The van der Waals surface area contributed by atoms with E-state index in [0.29, 0.717) is 11.7 Å². The molecule has 6 heteroatoms. The predicted molar refractivity (Wildman–Crippen MR) is 101 cm³/mol. The van der Waals surface area contributed by atoms with Gasteiger partial charge in [-0.05, 0) is 61.2 Å². The average Bonchev–Trinajstić information content (AvgIpc) is 3.04. The van der Waals surface area contributed by atoms with Crippen LogP contribution in [0.1, 0.15) is 36.5 Å². The van der Waals surface area contributed by atoms with Crippen LogP contribution >= 0.6 is 0 Å². The highest BCUT2D eigenvalue weighted by Gasteiger charge is 2.13. The number of aromatic amines is 2. The fourth-order valence-corrected chi connectivity index (χ4v) is 3.00. The number of aromatic nitrogens is 3. The van der Waals surface area contributed by atoms with E-state index in [1.807, 2.05) is 44.2 Å². The van der Waals surface area contributed by atoms with Crippen LogP contribution in [0.4, 0.5) is 0 Å². The van der Waals surface area contributed by atoms with Gasteiger partial charge in [-0.1, -0.05) is 13.8 Å². The third kappa shape index (κ3) is 3.49. The highest BCUT2D eigenvalue weighted by molar-refractivity contribution is 5.61. The molecule has 0 saturated carbocycles. The van der Waals surface area contributed by atoms with Crippen LogP contribution in [0.25, 0.3) is 11.4 Å². The number of H-pyrrole nitrogens is 2. The molecule has 0 aliphatic carbocycles. The maximum atomic E-state index is 11.3. The van der Waals surface area contributed by atoms with Gasteiger partial charge in [0, 0.05) is 11.1 Å². The molecular weight excluding hydrogens is 330 g/mol. The van der Waals surface area contributed by atoms with Crippen molar-refractivity contribution in [3.8, 4) is 28.6 Å². The van der Waals surface area contributed by atoms with E-state index in [4.69, 9.17) is 9.47 Å². The number of hydrogen-bond acceptors (Lipinski definition) is 4. The maximum Gasteiger partial charge on any atom is 0.340 e. The molecule has 0 spiro atoms. The van der Waals surface area contributed by atoms with E-state index in [-0.39, 0.29) is 5.69 Å². The summed E-state index contributed by atoms with van der Waals surface area (Å²) in [6.45, 7) is 8.20. The molecular formula is C20H23N3O3. The van der Waals surface area contributed by atoms with E-state index in [1.54, 1.807) is 7.11 Å². The lowest BCUT2D eigenvalue weighted by Gasteiger charge is -2.16. The molecule has 0 atom stereocenters. The van der Waals surface area contributed by atoms with Gasteiger partial charge in [-0.25, -0.2) is 9.89 Å². The smallest absolute Gasteiger partial charge is 0.340 e. The lowest BCUT2D eigenvalue weighted by Crippen LogP contribution is -2.00. The van der Waals surface area contributed by atoms with Gasteiger partial charge in [-0.3, -0.25) is 4.98 Å². The van der Waals surface area contributed by atoms with E-state index in [0.717, 1.165) is 39.5 Å². The van der Waals surface area contributed by atoms with Gasteiger partial charge < -0.3 is 9.47 Å². The first-order valence-corrected chi connectivity index (χ1v) is 8.51. The zero-order chi connectivity index (χ0) is 18.8. The minimum absolute atomic E-state index is 0.324. The molecule has 0 radical (unpaired) electrons. The van der Waals surface area contributed by atoms with Crippen molar-refractivity contribution in [1.82, 2.24) is 15.2 Å². The second-order valence-electron chi connectivity index (χ2n) is 6.63. The Labute approximate surface area is 152 Å². The largest absolute Gasteiger partial charge is 0.496 e. The first-order chi connectivity index (χ1) is 12.4. The van der Waals surface area contributed by atoms with E-state index in [1.165, 1.54) is 0 Å². The van der Waals surface area contributed by atoms with Crippen LogP contribution in [-0.4, -0.2) is 22.3 Å². The van der Waals surface area contributed by atoms with Crippen molar-refractivity contribution in [1.29, 1.82) is 0 Å². The van der Waals surface area contributed by atoms with Crippen molar-refractivity contribution >= 4 is 0 Å². The van der Waals surface area contributed by atoms with Crippen molar-refractivity contribution in [2.45, 2.75) is 33.6 Å². The minimum atomic E-state index is -0.324. The number of ether oxygens (including phenoxy) is 2. The highest BCUT2D eigenvalue weighted by atomic mass is 16.5. The highest BCUT2D eigenvalue weighted by Crippen LogP contribution is 2.35. The van der Waals surface area contributed by atoms with Crippen LogP contribution in [0.15, 0.2) is 35.1 Å². The number of methoxy groups -OCH3 is 1. The lowest BCUT2D eigenvalue weighted by atomic mass is 10.0. The molecule has 2 aromatic carbocycles. The normalized spacial score (nSPS) is 11.0. The van der Waals surface area contributed by atoms with Gasteiger partial charge in [0.2, 0.25) is 0 Å². The fraction of sp³-hybridized carbons (Fsp3) is 0.300. The third-order valence-electron chi connectivity index (χ3n) is 4.28. The molecule has 3 aromatic rings. The van der Waals surface area contributed by atoms with Gasteiger partial charge in [-0.2, -0.15) is 5.10 Å². The first kappa shape index (κ1) is 17.8. The summed E-state index contributed by atoms with van der Waals surface area (Å²) < 4.78 is 11.6. The average molecular weight is 353 g/mol. The van der Waals surface area contributed by atoms with E-state index < -0.39 is 0 Å². The summed E-state index contributed by atoms with van der Waals surface area (Å²) in [4.78, 5) is 13.9. The molecule has 1 aromatic heterocycles. The second kappa shape index (κ2) is 7.07. The standard InChI is InChI=1S/C20H23N3O3/c1-11(2)16-10-15(6-7-17(16)25-5)26-18-12(3)8-14(9-13(18)4)19-21-20(24)23-22-19/h6-11H,1-5H3,(H2,21,22,23,24). The van der Waals surface area contributed by atoms with Gasteiger partial charge >= 0.3 is 5.69 Å². The van der Waals surface area contributed by atoms with Gasteiger partial charge in [0.1, 0.15) is 17.2 Å². The molecule has 0 fully saturated rings. The Balaban J connectivity index is 1.95. The molecule has 0 aliphatic rings. The molecule has 1 heterocycles. The Kier molecular flexibility index (Phi) is 4.84. The molecule has 6 nitrogen and oxygen atoms in total. The number of aryl methyl sites for hydroxylation is 2. The quantitative estimate of drug-likeness (QED) is 0.716. The van der Waals surface area contributed by atoms with Gasteiger partial charge in [0.25, 0.3) is 0 Å². The summed E-state index contributed by atoms with van der Waals surface area (Å²) in [6.07, 6.45) is 0. The molecule has 3 rings (SSSR count). The summed E-state index contributed by atoms with van der Waals surface area (Å²) >= 11 is 0. The summed E-state index contributed by atoms with van der Waals surface area (Å²) in [6, 6.07) is 9.74. The number of nitrogens with one attached hydrogen (secondary N) is 2. The summed E-state index contributed by atoms with van der Waals surface area (Å²) in [5.41, 5.74) is 3.54. The van der Waals surface area contributed by atoms with Gasteiger partial charge in [-0.15, -0.1) is 0 Å². The van der Waals surface area contributed by atoms with E-state index in [2.05, 4.69) is 29.0 Å². The van der Waals surface area contributed by atoms with Crippen molar-refractivity contribution in [2.24, 2.45) is 0 Å². The number of hydrogen-bond donors (Lipinski definition) is 2. The monoisotopic (exact) mass is 353 g/mol. The van der Waals surface area contributed by atoms with Crippen LogP contribution in [0.5, 0.6) is 17.2 Å². The maximum absolute atomic E-state index is 11.3. The number of nitrogens with zero attached hydrogens (tertiary/aromatic N) is 1. The summed E-state index contributed by atoms with van der Waals surface area (Å²) in [7, 11) is 1.67. The summed E-state index contributed by atoms with van der Waals surface area (Å²) in [5, 5.41) is 6.37. The topological polar surface area (TPSA) is 80.0 Å². The zero-order valence-corrected chi connectivity index (χ0v) is 15.6. The third-order valence-corrected chi connectivity index (χ3v) is 4.28. The van der Waals surface area contributed by atoms with Crippen LogP contribution in [-0.2, 0) is 0 Å². The van der Waals surface area contributed by atoms with Crippen LogP contribution in [0.2, 0.25) is 0 Å². The summed E-state index contributed by atoms with van der Waals surface area (Å²) in [5.74, 6) is 3.26. The molecule has 0 saturated heterocycles. The molecule has 0 bridgehead atoms. The molecule has 0 unspecified atom stereocenters. The number of benzene rings is 2. The number of rotatable bonds is 5. The minimum Gasteiger partial charge on any atom is -0.496 e. The zero-order valence-electron chi connectivity index (χ0n) is 15.6. The predicted octanol–water partition coefficient (Wildman–Crippen LogP) is 4.31. The van der Waals surface area contributed by atoms with Crippen molar-refractivity contribution in [3.05, 3.63) is 57.5 Å². The van der Waals surface area contributed by atoms with E-state index in [9.17, 15) is 4.79 Å². The van der Waals surface area contributed by atoms with Crippen LogP contribution in [0, 0.1) is 13.8 Å². The van der Waals surface area contributed by atoms with E-state index >= 15 is 0 Å². The Morgan fingerprint density at radius 3 is 2.31 bits per heavy atom. The Bertz CT molecular complexity index is 963. The SMILES string of the molecule is COc1ccc(Oc2c(C)cc(-c3n[nH]c(=O)[nH]3)cc2C)cc1C(C)C. The Morgan fingerprint density at radius 1 is 1.08 bits per heavy atom. The van der Waals surface area contributed by atoms with Gasteiger partial charge in [0.15, 0.2) is 5.82 Å². The molecule has 0 aliphatic heterocycles. The fourth-order valence-electron chi connectivity index (χ4n) is 3.00. The Hall–Kier alpha value is -3.02. The lowest BCUT2D eigenvalue weighted by molar-refractivity contribution is 0.405. The molecule has 136 valence electrons. The van der Waals surface area contributed by atoms with Crippen molar-refractivity contribution < 1.29 is 9.47 Å². The van der Waals surface area contributed by atoms with Crippen molar-refractivity contribution in [2.75, 3.05) is 7.11 Å². The van der Waals surface area contributed by atoms with Gasteiger partial charge in [0.05, 0.1) is 7.11 Å². The van der Waals surface area contributed by atoms with Crippen LogP contribution < -0.4 is 15.2 Å². The van der Waals surface area contributed by atoms with Crippen LogP contribution in [0.3, 0.4) is 0 Å². The molecule has 0 amide bonds.